The lowest BCUT2D eigenvalue weighted by atomic mass is 10.3. The summed E-state index contributed by atoms with van der Waals surface area (Å²) >= 11 is 5.54. The van der Waals surface area contributed by atoms with Crippen molar-refractivity contribution in [2.75, 3.05) is 0 Å². The largest absolute Gasteiger partial charge is 0.437 e. The number of hydrogen-bond donors (Lipinski definition) is 0. The van der Waals surface area contributed by atoms with Crippen molar-refractivity contribution >= 4 is 11.6 Å². The van der Waals surface area contributed by atoms with Crippen LogP contribution in [0.1, 0.15) is 5.69 Å². The molecule has 0 aliphatic rings. The van der Waals surface area contributed by atoms with E-state index in [4.69, 9.17) is 16.3 Å². The molecule has 0 amide bonds. The van der Waals surface area contributed by atoms with E-state index in [0.717, 1.165) is 18.2 Å². The molecule has 6 heteroatoms. The molecule has 0 unspecified atom stereocenters. The van der Waals surface area contributed by atoms with Gasteiger partial charge in [0.2, 0.25) is 5.88 Å². The zero-order chi connectivity index (χ0) is 12.3. The van der Waals surface area contributed by atoms with Crippen molar-refractivity contribution in [2.45, 2.75) is 5.88 Å². The molecular weight excluding hydrogens is 250 g/mol. The predicted octanol–water partition coefficient (Wildman–Crippen LogP) is 3.29. The molecule has 2 aromatic rings. The Hall–Kier alpha value is -1.75. The second kappa shape index (κ2) is 5.05. The topological polar surface area (TPSA) is 35.0 Å². The van der Waals surface area contributed by atoms with E-state index in [1.54, 1.807) is 6.07 Å². The minimum Gasteiger partial charge on any atom is -0.437 e. The van der Waals surface area contributed by atoms with Crippen molar-refractivity contribution in [1.29, 1.82) is 0 Å². The van der Waals surface area contributed by atoms with Gasteiger partial charge < -0.3 is 4.74 Å². The maximum Gasteiger partial charge on any atom is 0.238 e. The molecule has 0 saturated heterocycles. The number of hydrogen-bond acceptors (Lipinski definition) is 3. The third kappa shape index (κ3) is 3.10. The van der Waals surface area contributed by atoms with Crippen molar-refractivity contribution in [3.05, 3.63) is 47.7 Å². The molecule has 1 aromatic carbocycles. The first-order chi connectivity index (χ1) is 8.17. The van der Waals surface area contributed by atoms with Crippen LogP contribution in [0.25, 0.3) is 0 Å². The van der Waals surface area contributed by atoms with Crippen LogP contribution in [0.2, 0.25) is 0 Å². The van der Waals surface area contributed by atoms with Gasteiger partial charge in [-0.2, -0.15) is 5.10 Å². The second-order valence-corrected chi connectivity index (χ2v) is 3.47. The molecule has 2 rings (SSSR count). The Morgan fingerprint density at radius 3 is 2.29 bits per heavy atom. The minimum absolute atomic E-state index is 0.0235. The molecule has 88 valence electrons. The molecule has 17 heavy (non-hydrogen) atoms. The summed E-state index contributed by atoms with van der Waals surface area (Å²) < 4.78 is 30.9. The molecule has 0 atom stereocenters. The van der Waals surface area contributed by atoms with Gasteiger partial charge in [-0.25, -0.2) is 8.78 Å². The fourth-order valence-corrected chi connectivity index (χ4v) is 1.32. The lowest BCUT2D eigenvalue weighted by molar-refractivity contribution is 0.444. The lowest BCUT2D eigenvalue weighted by Crippen LogP contribution is -1.94. The molecule has 1 aromatic heterocycles. The van der Waals surface area contributed by atoms with Gasteiger partial charge in [0.1, 0.15) is 17.4 Å². The standard InChI is InChI=1S/C11H7ClF2N2O/c12-6-9-1-2-11(16-15-9)17-10-4-7(13)3-8(14)5-10/h1-5H,6H2. The first-order valence-electron chi connectivity index (χ1n) is 4.70. The summed E-state index contributed by atoms with van der Waals surface area (Å²) in [4.78, 5) is 0. The summed E-state index contributed by atoms with van der Waals surface area (Å²) in [5.74, 6) is -1.03. The van der Waals surface area contributed by atoms with Crippen molar-refractivity contribution in [1.82, 2.24) is 10.2 Å². The van der Waals surface area contributed by atoms with Gasteiger partial charge in [0.05, 0.1) is 11.6 Å². The third-order valence-corrected chi connectivity index (χ3v) is 2.16. The number of alkyl halides is 1. The Morgan fingerprint density at radius 1 is 1.06 bits per heavy atom. The average molecular weight is 257 g/mol. The van der Waals surface area contributed by atoms with Crippen molar-refractivity contribution < 1.29 is 13.5 Å². The summed E-state index contributed by atoms with van der Waals surface area (Å²) in [7, 11) is 0. The van der Waals surface area contributed by atoms with E-state index in [1.807, 2.05) is 0 Å². The average Bonchev–Trinajstić information content (AvgIpc) is 2.28. The van der Waals surface area contributed by atoms with E-state index in [9.17, 15) is 8.78 Å². The van der Waals surface area contributed by atoms with Crippen LogP contribution in [0.4, 0.5) is 8.78 Å². The molecule has 0 N–H and O–H groups in total. The van der Waals surface area contributed by atoms with Crippen LogP contribution in [-0.2, 0) is 5.88 Å². The molecule has 0 aliphatic carbocycles. The van der Waals surface area contributed by atoms with Crippen LogP contribution < -0.4 is 4.74 Å². The summed E-state index contributed by atoms with van der Waals surface area (Å²) in [6.07, 6.45) is 0. The van der Waals surface area contributed by atoms with E-state index in [2.05, 4.69) is 10.2 Å². The third-order valence-electron chi connectivity index (χ3n) is 1.89. The maximum atomic E-state index is 12.9. The fraction of sp³-hybridized carbons (Fsp3) is 0.0909. The number of benzene rings is 1. The van der Waals surface area contributed by atoms with Gasteiger partial charge in [-0.3, -0.25) is 0 Å². The van der Waals surface area contributed by atoms with E-state index >= 15 is 0 Å². The number of rotatable bonds is 3. The normalized spacial score (nSPS) is 10.3. The highest BCUT2D eigenvalue weighted by Gasteiger charge is 2.04. The highest BCUT2D eigenvalue weighted by atomic mass is 35.5. The highest BCUT2D eigenvalue weighted by molar-refractivity contribution is 6.16. The lowest BCUT2D eigenvalue weighted by Gasteiger charge is -2.04. The number of ether oxygens (including phenoxy) is 1. The zero-order valence-electron chi connectivity index (χ0n) is 8.53. The smallest absolute Gasteiger partial charge is 0.238 e. The van der Waals surface area contributed by atoms with Gasteiger partial charge >= 0.3 is 0 Å². The summed E-state index contributed by atoms with van der Waals surface area (Å²) in [5.41, 5.74) is 0.587. The number of nitrogens with zero attached hydrogens (tertiary/aromatic N) is 2. The van der Waals surface area contributed by atoms with Gasteiger partial charge in [-0.1, -0.05) is 0 Å². The summed E-state index contributed by atoms with van der Waals surface area (Å²) in [5, 5.41) is 7.45. The van der Waals surface area contributed by atoms with E-state index in [1.165, 1.54) is 6.07 Å². The zero-order valence-corrected chi connectivity index (χ0v) is 9.29. The SMILES string of the molecule is Fc1cc(F)cc(Oc2ccc(CCl)nn2)c1. The Labute approximate surface area is 101 Å². The molecule has 0 radical (unpaired) electrons. The van der Waals surface area contributed by atoms with E-state index in [-0.39, 0.29) is 17.5 Å². The molecule has 0 saturated carbocycles. The van der Waals surface area contributed by atoms with Gasteiger partial charge in [-0.15, -0.1) is 16.7 Å². The van der Waals surface area contributed by atoms with Crippen LogP contribution in [0.3, 0.4) is 0 Å². The van der Waals surface area contributed by atoms with Gasteiger partial charge in [0, 0.05) is 24.3 Å². The van der Waals surface area contributed by atoms with Crippen LogP contribution in [0.5, 0.6) is 11.6 Å². The predicted molar refractivity (Wildman–Crippen MR) is 58.0 cm³/mol. The van der Waals surface area contributed by atoms with Crippen LogP contribution in [0, 0.1) is 11.6 Å². The molecule has 0 spiro atoms. The van der Waals surface area contributed by atoms with E-state index < -0.39 is 11.6 Å². The Balaban J connectivity index is 2.19. The van der Waals surface area contributed by atoms with Gasteiger partial charge in [0.25, 0.3) is 0 Å². The Kier molecular flexibility index (Phi) is 3.49. The van der Waals surface area contributed by atoms with E-state index in [0.29, 0.717) is 5.69 Å². The summed E-state index contributed by atoms with van der Waals surface area (Å²) in [6.45, 7) is 0. The monoisotopic (exact) mass is 256 g/mol. The molecule has 3 nitrogen and oxygen atoms in total. The summed E-state index contributed by atoms with van der Waals surface area (Å²) in [6, 6.07) is 6.01. The Morgan fingerprint density at radius 2 is 1.76 bits per heavy atom. The van der Waals surface area contributed by atoms with Crippen LogP contribution in [0.15, 0.2) is 30.3 Å². The number of halogens is 3. The number of aromatic nitrogens is 2. The van der Waals surface area contributed by atoms with Crippen molar-refractivity contribution in [3.63, 3.8) is 0 Å². The first-order valence-corrected chi connectivity index (χ1v) is 5.23. The molecule has 0 aliphatic heterocycles. The minimum atomic E-state index is -0.717. The van der Waals surface area contributed by atoms with Gasteiger partial charge in [-0.05, 0) is 6.07 Å². The quantitative estimate of drug-likeness (QED) is 0.791. The van der Waals surface area contributed by atoms with Crippen LogP contribution >= 0.6 is 11.6 Å². The van der Waals surface area contributed by atoms with Crippen molar-refractivity contribution in [2.24, 2.45) is 0 Å². The van der Waals surface area contributed by atoms with Crippen molar-refractivity contribution in [3.8, 4) is 11.6 Å². The van der Waals surface area contributed by atoms with Crippen LogP contribution in [-0.4, -0.2) is 10.2 Å². The Bertz CT molecular complexity index is 499. The second-order valence-electron chi connectivity index (χ2n) is 3.20. The maximum absolute atomic E-state index is 12.9. The molecule has 1 heterocycles. The first kappa shape index (κ1) is 11.7. The van der Waals surface area contributed by atoms with Gasteiger partial charge in [0.15, 0.2) is 0 Å². The highest BCUT2D eigenvalue weighted by Crippen LogP contribution is 2.21. The molecular formula is C11H7ClF2N2O. The molecule has 0 fully saturated rings. The fourth-order valence-electron chi connectivity index (χ4n) is 1.18. The molecule has 0 bridgehead atoms.